The molecule has 4 aliphatic carbocycles. The molecule has 0 aromatic heterocycles. The van der Waals surface area contributed by atoms with Crippen molar-refractivity contribution in [2.75, 3.05) is 13.1 Å². The van der Waals surface area contributed by atoms with Crippen LogP contribution < -0.4 is 10.6 Å². The lowest BCUT2D eigenvalue weighted by molar-refractivity contribution is -0.0498. The molecule has 130 valence electrons. The number of hydrogen-bond donors (Lipinski definition) is 2. The van der Waals surface area contributed by atoms with Crippen molar-refractivity contribution in [3.05, 3.63) is 35.4 Å². The van der Waals surface area contributed by atoms with E-state index in [1.165, 1.54) is 49.7 Å². The van der Waals surface area contributed by atoms with Gasteiger partial charge >= 0.3 is 6.03 Å². The van der Waals surface area contributed by atoms with Gasteiger partial charge in [0.1, 0.15) is 0 Å². The molecule has 0 aliphatic heterocycles. The van der Waals surface area contributed by atoms with Gasteiger partial charge in [-0.15, -0.1) is 0 Å². The Kier molecular flexibility index (Phi) is 4.28. The lowest BCUT2D eigenvalue weighted by Gasteiger charge is -2.56. The zero-order valence-electron chi connectivity index (χ0n) is 14.8. The Hall–Kier alpha value is -1.51. The molecule has 2 amide bonds. The highest BCUT2D eigenvalue weighted by Crippen LogP contribution is 2.59. The molecule has 2 N–H and O–H groups in total. The van der Waals surface area contributed by atoms with Gasteiger partial charge in [-0.25, -0.2) is 4.79 Å². The maximum absolute atomic E-state index is 12.2. The number of amides is 2. The summed E-state index contributed by atoms with van der Waals surface area (Å²) in [6.45, 7) is 3.69. The molecule has 0 heterocycles. The van der Waals surface area contributed by atoms with E-state index in [9.17, 15) is 4.79 Å². The zero-order chi connectivity index (χ0) is 16.6. The summed E-state index contributed by atoms with van der Waals surface area (Å²) >= 11 is 0. The second-order valence-corrected chi connectivity index (χ2v) is 8.77. The van der Waals surface area contributed by atoms with Crippen LogP contribution in [0.3, 0.4) is 0 Å². The fourth-order valence-electron chi connectivity index (χ4n) is 6.02. The van der Waals surface area contributed by atoms with Crippen LogP contribution in [0.15, 0.2) is 24.3 Å². The van der Waals surface area contributed by atoms with Crippen LogP contribution in [-0.4, -0.2) is 19.1 Å². The Balaban J connectivity index is 1.22. The molecule has 4 saturated carbocycles. The van der Waals surface area contributed by atoms with Crippen LogP contribution >= 0.6 is 0 Å². The number of rotatable bonds is 5. The van der Waals surface area contributed by atoms with Crippen LogP contribution in [0.4, 0.5) is 4.79 Å². The maximum Gasteiger partial charge on any atom is 0.314 e. The van der Waals surface area contributed by atoms with Gasteiger partial charge in [-0.3, -0.25) is 0 Å². The summed E-state index contributed by atoms with van der Waals surface area (Å²) in [5, 5.41) is 6.22. The number of hydrogen-bond acceptors (Lipinski definition) is 1. The van der Waals surface area contributed by atoms with E-state index in [2.05, 4.69) is 41.8 Å². The van der Waals surface area contributed by atoms with Crippen LogP contribution in [0.25, 0.3) is 0 Å². The van der Waals surface area contributed by atoms with Gasteiger partial charge in [-0.1, -0.05) is 29.8 Å². The molecule has 24 heavy (non-hydrogen) atoms. The monoisotopic (exact) mass is 326 g/mol. The Morgan fingerprint density at radius 1 is 1.08 bits per heavy atom. The van der Waals surface area contributed by atoms with E-state index < -0.39 is 0 Å². The zero-order valence-corrected chi connectivity index (χ0v) is 14.8. The van der Waals surface area contributed by atoms with Gasteiger partial charge in [0.05, 0.1) is 0 Å². The molecule has 3 nitrogen and oxygen atoms in total. The minimum atomic E-state index is 0.0124. The van der Waals surface area contributed by atoms with Gasteiger partial charge in [0.2, 0.25) is 0 Å². The fourth-order valence-corrected chi connectivity index (χ4v) is 6.02. The minimum absolute atomic E-state index is 0.0124. The van der Waals surface area contributed by atoms with Crippen molar-refractivity contribution >= 4 is 6.03 Å². The molecule has 0 spiro atoms. The van der Waals surface area contributed by atoms with E-state index >= 15 is 0 Å². The largest absolute Gasteiger partial charge is 0.338 e. The van der Waals surface area contributed by atoms with E-state index in [0.29, 0.717) is 12.0 Å². The molecule has 1 aromatic rings. The van der Waals surface area contributed by atoms with E-state index in [0.717, 1.165) is 30.7 Å². The first-order valence-electron chi connectivity index (χ1n) is 9.67. The first kappa shape index (κ1) is 16.0. The van der Waals surface area contributed by atoms with Gasteiger partial charge in [-0.05, 0) is 80.6 Å². The first-order chi connectivity index (χ1) is 11.6. The highest BCUT2D eigenvalue weighted by Gasteiger charge is 2.50. The molecule has 0 atom stereocenters. The van der Waals surface area contributed by atoms with Gasteiger partial charge in [0.15, 0.2) is 0 Å². The van der Waals surface area contributed by atoms with Crippen LogP contribution in [0.2, 0.25) is 0 Å². The fraction of sp³-hybridized carbons (Fsp3) is 0.667. The van der Waals surface area contributed by atoms with Crippen molar-refractivity contribution in [2.45, 2.75) is 51.9 Å². The highest BCUT2D eigenvalue weighted by molar-refractivity contribution is 5.73. The smallest absolute Gasteiger partial charge is 0.314 e. The summed E-state index contributed by atoms with van der Waals surface area (Å²) in [7, 11) is 0. The van der Waals surface area contributed by atoms with Crippen molar-refractivity contribution in [3.8, 4) is 0 Å². The predicted molar refractivity (Wildman–Crippen MR) is 96.9 cm³/mol. The predicted octanol–water partition coefficient (Wildman–Crippen LogP) is 4.05. The second kappa shape index (κ2) is 6.42. The van der Waals surface area contributed by atoms with Crippen LogP contribution in [0, 0.1) is 30.1 Å². The van der Waals surface area contributed by atoms with E-state index in [1.54, 1.807) is 0 Å². The molecule has 0 unspecified atom stereocenters. The highest BCUT2D eigenvalue weighted by atomic mass is 16.2. The second-order valence-electron chi connectivity index (χ2n) is 8.77. The number of aryl methyl sites for hydroxylation is 1. The summed E-state index contributed by atoms with van der Waals surface area (Å²) < 4.78 is 0. The maximum atomic E-state index is 12.2. The van der Waals surface area contributed by atoms with E-state index in [-0.39, 0.29) is 6.03 Å². The Bertz CT molecular complexity index is 574. The van der Waals surface area contributed by atoms with Crippen molar-refractivity contribution in [2.24, 2.45) is 23.2 Å². The molecule has 4 aliphatic rings. The van der Waals surface area contributed by atoms with Gasteiger partial charge < -0.3 is 10.6 Å². The molecular formula is C21H30N2O. The van der Waals surface area contributed by atoms with Gasteiger partial charge in [0.25, 0.3) is 0 Å². The SMILES string of the molecule is Cc1cccc(CCNC(=O)NCC23CC4CC(CC(C4)C2)C3)c1. The lowest BCUT2D eigenvalue weighted by atomic mass is 9.49. The normalized spacial score (nSPS) is 33.5. The van der Waals surface area contributed by atoms with Crippen LogP contribution in [0.5, 0.6) is 0 Å². The molecule has 4 fully saturated rings. The summed E-state index contributed by atoms with van der Waals surface area (Å²) in [5.41, 5.74) is 2.98. The Morgan fingerprint density at radius 2 is 1.75 bits per heavy atom. The molecule has 5 rings (SSSR count). The molecular weight excluding hydrogens is 296 g/mol. The number of urea groups is 1. The average Bonchev–Trinajstić information content (AvgIpc) is 2.52. The van der Waals surface area contributed by atoms with Crippen molar-refractivity contribution in [3.63, 3.8) is 0 Å². The van der Waals surface area contributed by atoms with Gasteiger partial charge in [-0.2, -0.15) is 0 Å². The number of carbonyl (C=O) groups excluding carboxylic acids is 1. The van der Waals surface area contributed by atoms with Gasteiger partial charge in [0, 0.05) is 13.1 Å². The molecule has 0 saturated heterocycles. The Morgan fingerprint density at radius 3 is 2.38 bits per heavy atom. The molecule has 4 bridgehead atoms. The summed E-state index contributed by atoms with van der Waals surface area (Å²) in [6, 6.07) is 8.52. The molecule has 1 aromatic carbocycles. The van der Waals surface area contributed by atoms with Crippen molar-refractivity contribution in [1.82, 2.24) is 10.6 Å². The summed E-state index contributed by atoms with van der Waals surface area (Å²) in [5.74, 6) is 2.84. The Labute approximate surface area is 145 Å². The standard InChI is InChI=1S/C21H30N2O/c1-15-3-2-4-16(7-15)5-6-22-20(24)23-14-21-11-17-8-18(12-21)10-19(9-17)13-21/h2-4,7,17-19H,5-6,8-14H2,1H3,(H2,22,23,24). The minimum Gasteiger partial charge on any atom is -0.338 e. The third-order valence-corrected chi connectivity index (χ3v) is 6.57. The number of benzene rings is 1. The third kappa shape index (κ3) is 3.45. The molecule has 0 radical (unpaired) electrons. The van der Waals surface area contributed by atoms with E-state index in [1.807, 2.05) is 0 Å². The van der Waals surface area contributed by atoms with Crippen molar-refractivity contribution in [1.29, 1.82) is 0 Å². The van der Waals surface area contributed by atoms with E-state index in [4.69, 9.17) is 0 Å². The molecule has 3 heteroatoms. The third-order valence-electron chi connectivity index (χ3n) is 6.57. The quantitative estimate of drug-likeness (QED) is 0.842. The topological polar surface area (TPSA) is 41.1 Å². The number of nitrogens with one attached hydrogen (secondary N) is 2. The summed E-state index contributed by atoms with van der Waals surface area (Å²) in [6.07, 6.45) is 9.33. The lowest BCUT2D eigenvalue weighted by Crippen LogP contribution is -2.52. The average molecular weight is 326 g/mol. The summed E-state index contributed by atoms with van der Waals surface area (Å²) in [4.78, 5) is 12.2. The first-order valence-corrected chi connectivity index (χ1v) is 9.67. The van der Waals surface area contributed by atoms with Crippen LogP contribution in [0.1, 0.15) is 49.7 Å². The number of carbonyl (C=O) groups is 1. The van der Waals surface area contributed by atoms with Crippen LogP contribution in [-0.2, 0) is 6.42 Å². The van der Waals surface area contributed by atoms with Crippen molar-refractivity contribution < 1.29 is 4.79 Å².